The normalized spacial score (nSPS) is 21.2. The maximum atomic E-state index is 13.1. The molecular formula is C36H40F3N3O4. The summed E-state index contributed by atoms with van der Waals surface area (Å²) in [5.41, 5.74) is 2.99. The molecule has 0 radical (unpaired) electrons. The van der Waals surface area contributed by atoms with Crippen LogP contribution in [0, 0.1) is 11.3 Å². The van der Waals surface area contributed by atoms with Gasteiger partial charge in [-0.1, -0.05) is 57.2 Å². The molecule has 1 saturated heterocycles. The van der Waals surface area contributed by atoms with Crippen molar-refractivity contribution in [3.63, 3.8) is 0 Å². The third-order valence-electron chi connectivity index (χ3n) is 9.04. The first-order valence-electron chi connectivity index (χ1n) is 15.7. The lowest BCUT2D eigenvalue weighted by Crippen LogP contribution is -2.42. The largest absolute Gasteiger partial charge is 0.481 e. The Morgan fingerprint density at radius 2 is 1.61 bits per heavy atom. The minimum absolute atomic E-state index is 0.0529. The predicted octanol–water partition coefficient (Wildman–Crippen LogP) is 8.24. The van der Waals surface area contributed by atoms with Crippen molar-refractivity contribution in [1.82, 2.24) is 10.2 Å². The first kappa shape index (κ1) is 33.0. The monoisotopic (exact) mass is 635 g/mol. The van der Waals surface area contributed by atoms with E-state index in [0.29, 0.717) is 35.4 Å². The second kappa shape index (κ2) is 13.6. The second-order valence-corrected chi connectivity index (χ2v) is 13.1. The molecule has 5 rings (SSSR count). The van der Waals surface area contributed by atoms with Gasteiger partial charge in [-0.2, -0.15) is 18.2 Å². The number of carbonyl (C=O) groups is 2. The molecule has 2 aliphatic rings. The quantitative estimate of drug-likeness (QED) is 0.260. The Bertz CT molecular complexity index is 1560. The van der Waals surface area contributed by atoms with Gasteiger partial charge < -0.3 is 20.1 Å². The van der Waals surface area contributed by atoms with Crippen molar-refractivity contribution in [2.45, 2.75) is 71.1 Å². The Hall–Kier alpha value is -4.34. The average Bonchev–Trinajstić information content (AvgIpc) is 3.43. The van der Waals surface area contributed by atoms with Gasteiger partial charge in [0.15, 0.2) is 0 Å². The molecule has 244 valence electrons. The number of aliphatic imine (C=N–C) groups is 1. The van der Waals surface area contributed by atoms with Crippen molar-refractivity contribution in [2.24, 2.45) is 16.3 Å². The molecule has 46 heavy (non-hydrogen) atoms. The van der Waals surface area contributed by atoms with Crippen LogP contribution >= 0.6 is 0 Å². The van der Waals surface area contributed by atoms with Crippen LogP contribution in [-0.2, 0) is 15.7 Å². The minimum Gasteiger partial charge on any atom is -0.481 e. The molecule has 1 aliphatic carbocycles. The van der Waals surface area contributed by atoms with Crippen LogP contribution in [0.2, 0.25) is 0 Å². The zero-order valence-electron chi connectivity index (χ0n) is 26.3. The number of carboxylic acids is 1. The van der Waals surface area contributed by atoms with Crippen LogP contribution < -0.4 is 5.32 Å². The zero-order valence-corrected chi connectivity index (χ0v) is 26.3. The van der Waals surface area contributed by atoms with E-state index in [1.165, 1.54) is 12.1 Å². The summed E-state index contributed by atoms with van der Waals surface area (Å²) in [7, 11) is 0. The van der Waals surface area contributed by atoms with Crippen molar-refractivity contribution >= 4 is 23.6 Å². The standard InChI is InChI=1S/C36H40F3N3O4/c1-35(2,3)27-15-17-30(18-16-27)42-31(24-7-9-25(10-8-24)33(45)40-20-19-32(43)44)22-46-34(42)41-29-6-4-5-26(21-29)23-11-13-28(14-12-23)36(37,38)39/h4-14,21,27,30-31H,15-20,22H2,1-3H3,(H,40,45)(H,43,44)/b41-34-. The number of nitrogens with zero attached hydrogens (tertiary/aromatic N) is 2. The number of amidine groups is 1. The van der Waals surface area contributed by atoms with Crippen LogP contribution in [0.25, 0.3) is 11.1 Å². The molecule has 2 N–H and O–H groups in total. The second-order valence-electron chi connectivity index (χ2n) is 13.1. The zero-order chi connectivity index (χ0) is 33.1. The molecule has 10 heteroatoms. The van der Waals surface area contributed by atoms with Gasteiger partial charge in [0, 0.05) is 18.2 Å². The maximum absolute atomic E-state index is 13.1. The van der Waals surface area contributed by atoms with Gasteiger partial charge >= 0.3 is 12.1 Å². The van der Waals surface area contributed by atoms with Crippen molar-refractivity contribution in [2.75, 3.05) is 13.2 Å². The molecule has 1 amide bonds. The van der Waals surface area contributed by atoms with E-state index in [-0.39, 0.29) is 36.4 Å². The van der Waals surface area contributed by atoms with E-state index in [9.17, 15) is 22.8 Å². The van der Waals surface area contributed by atoms with E-state index >= 15 is 0 Å². The highest BCUT2D eigenvalue weighted by Gasteiger charge is 2.41. The Morgan fingerprint density at radius 3 is 2.22 bits per heavy atom. The fourth-order valence-electron chi connectivity index (χ4n) is 6.38. The number of carbonyl (C=O) groups excluding carboxylic acids is 1. The molecule has 1 saturated carbocycles. The number of rotatable bonds is 8. The van der Waals surface area contributed by atoms with E-state index in [1.807, 2.05) is 36.4 Å². The molecule has 3 aromatic carbocycles. The molecule has 1 heterocycles. The SMILES string of the molecule is CC(C)(C)C1CCC(N2/C(=N/c3cccc(-c4ccc(C(F)(F)F)cc4)c3)OCC2c2ccc(C(=O)NCCC(=O)O)cc2)CC1. The third-order valence-corrected chi connectivity index (χ3v) is 9.04. The summed E-state index contributed by atoms with van der Waals surface area (Å²) in [6, 6.07) is 20.3. The summed E-state index contributed by atoms with van der Waals surface area (Å²) < 4.78 is 45.5. The minimum atomic E-state index is -4.40. The topological polar surface area (TPSA) is 91.2 Å². The summed E-state index contributed by atoms with van der Waals surface area (Å²) in [5, 5.41) is 11.5. The van der Waals surface area contributed by atoms with Crippen LogP contribution in [0.1, 0.15) is 80.4 Å². The van der Waals surface area contributed by atoms with Crippen molar-refractivity contribution < 1.29 is 32.6 Å². The van der Waals surface area contributed by atoms with Gasteiger partial charge in [-0.25, -0.2) is 0 Å². The molecule has 1 unspecified atom stereocenters. The molecule has 2 fully saturated rings. The number of nitrogens with one attached hydrogen (secondary N) is 1. The van der Waals surface area contributed by atoms with E-state index in [1.54, 1.807) is 12.1 Å². The lowest BCUT2D eigenvalue weighted by Gasteiger charge is -2.41. The third kappa shape index (κ3) is 7.89. The fourth-order valence-corrected chi connectivity index (χ4v) is 6.38. The van der Waals surface area contributed by atoms with E-state index < -0.39 is 17.7 Å². The molecule has 3 aromatic rings. The Morgan fingerprint density at radius 1 is 0.935 bits per heavy atom. The summed E-state index contributed by atoms with van der Waals surface area (Å²) in [5.74, 6) is -0.689. The van der Waals surface area contributed by atoms with Gasteiger partial charge in [-0.3, -0.25) is 9.59 Å². The molecule has 0 bridgehead atoms. The smallest absolute Gasteiger partial charge is 0.416 e. The molecule has 7 nitrogen and oxygen atoms in total. The Labute approximate surface area is 267 Å². The number of alkyl halides is 3. The van der Waals surface area contributed by atoms with E-state index in [0.717, 1.165) is 48.9 Å². The number of amides is 1. The number of halogens is 3. The highest BCUT2D eigenvalue weighted by atomic mass is 19.4. The summed E-state index contributed by atoms with van der Waals surface area (Å²) in [6.45, 7) is 7.29. The predicted molar refractivity (Wildman–Crippen MR) is 171 cm³/mol. The fraction of sp³-hybridized carbons (Fsp3) is 0.417. The Balaban J connectivity index is 1.40. The van der Waals surface area contributed by atoms with Gasteiger partial charge in [-0.15, -0.1) is 0 Å². The average molecular weight is 636 g/mol. The van der Waals surface area contributed by atoms with Gasteiger partial charge in [0.2, 0.25) is 0 Å². The van der Waals surface area contributed by atoms with Crippen LogP contribution in [0.4, 0.5) is 18.9 Å². The van der Waals surface area contributed by atoms with Crippen molar-refractivity contribution in [3.8, 4) is 11.1 Å². The van der Waals surface area contributed by atoms with Crippen LogP contribution in [-0.4, -0.2) is 47.1 Å². The van der Waals surface area contributed by atoms with Crippen LogP contribution in [0.15, 0.2) is 77.8 Å². The molecule has 0 aromatic heterocycles. The molecular weight excluding hydrogens is 595 g/mol. The molecule has 0 spiro atoms. The lowest BCUT2D eigenvalue weighted by atomic mass is 9.71. The van der Waals surface area contributed by atoms with Crippen LogP contribution in [0.3, 0.4) is 0 Å². The first-order valence-corrected chi connectivity index (χ1v) is 15.7. The highest BCUT2D eigenvalue weighted by molar-refractivity contribution is 5.94. The molecule has 1 aliphatic heterocycles. The van der Waals surface area contributed by atoms with Gasteiger partial charge in [0.05, 0.1) is 23.7 Å². The number of benzene rings is 3. The number of hydrogen-bond acceptors (Lipinski definition) is 4. The van der Waals surface area contributed by atoms with Gasteiger partial charge in [0.25, 0.3) is 11.9 Å². The van der Waals surface area contributed by atoms with Gasteiger partial charge in [0.1, 0.15) is 6.61 Å². The number of carboxylic acid groups (broad SMARTS) is 1. The summed E-state index contributed by atoms with van der Waals surface area (Å²) in [6.07, 6.45) is -0.405. The Kier molecular flexibility index (Phi) is 9.74. The maximum Gasteiger partial charge on any atom is 0.416 e. The summed E-state index contributed by atoms with van der Waals surface area (Å²) in [4.78, 5) is 30.5. The number of ether oxygens (including phenoxy) is 1. The molecule has 1 atom stereocenters. The lowest BCUT2D eigenvalue weighted by molar-refractivity contribution is -0.138. The highest BCUT2D eigenvalue weighted by Crippen LogP contribution is 2.42. The van der Waals surface area contributed by atoms with E-state index in [2.05, 4.69) is 31.0 Å². The number of aliphatic carboxylic acids is 1. The first-order chi connectivity index (χ1) is 21.8. The van der Waals surface area contributed by atoms with Crippen LogP contribution in [0.5, 0.6) is 0 Å². The van der Waals surface area contributed by atoms with Gasteiger partial charge in [-0.05, 0) is 90.1 Å². The summed E-state index contributed by atoms with van der Waals surface area (Å²) >= 11 is 0. The van der Waals surface area contributed by atoms with Crippen molar-refractivity contribution in [3.05, 3.63) is 89.5 Å². The number of hydrogen-bond donors (Lipinski definition) is 2. The van der Waals surface area contributed by atoms with Crippen molar-refractivity contribution in [1.29, 1.82) is 0 Å². The van der Waals surface area contributed by atoms with E-state index in [4.69, 9.17) is 14.8 Å².